The summed E-state index contributed by atoms with van der Waals surface area (Å²) in [5.41, 5.74) is 0.722. The van der Waals surface area contributed by atoms with Gasteiger partial charge in [-0.25, -0.2) is 12.8 Å². The second kappa shape index (κ2) is 6.53. The van der Waals surface area contributed by atoms with E-state index in [1.54, 1.807) is 12.1 Å². The first-order chi connectivity index (χ1) is 9.86. The normalized spacial score (nSPS) is 19.6. The molecule has 0 saturated carbocycles. The zero-order valence-electron chi connectivity index (χ0n) is 11.9. The van der Waals surface area contributed by atoms with E-state index >= 15 is 0 Å². The van der Waals surface area contributed by atoms with Crippen LogP contribution in [0, 0.1) is 5.82 Å². The molecular weight excluding hydrogens is 295 g/mol. The lowest BCUT2D eigenvalue weighted by Crippen LogP contribution is -2.43. The Kier molecular flexibility index (Phi) is 4.95. The summed E-state index contributed by atoms with van der Waals surface area (Å²) < 4.78 is 37.4. The number of carbonyl (C=O) groups excluding carboxylic acids is 1. The van der Waals surface area contributed by atoms with Gasteiger partial charge in [0, 0.05) is 19.1 Å². The fourth-order valence-electron chi connectivity index (χ4n) is 2.53. The van der Waals surface area contributed by atoms with E-state index in [1.165, 1.54) is 22.7 Å². The lowest BCUT2D eigenvalue weighted by atomic mass is 10.1. The highest BCUT2D eigenvalue weighted by molar-refractivity contribution is 7.88. The van der Waals surface area contributed by atoms with E-state index in [-0.39, 0.29) is 24.2 Å². The summed E-state index contributed by atoms with van der Waals surface area (Å²) >= 11 is 0. The van der Waals surface area contributed by atoms with Crippen molar-refractivity contribution in [3.05, 3.63) is 35.6 Å². The van der Waals surface area contributed by atoms with Gasteiger partial charge in [0.15, 0.2) is 0 Å². The molecule has 0 aromatic heterocycles. The molecular formula is C14H19FN2O3S. The Morgan fingerprint density at radius 2 is 2.05 bits per heavy atom. The van der Waals surface area contributed by atoms with Gasteiger partial charge in [0.25, 0.3) is 0 Å². The number of sulfonamides is 1. The van der Waals surface area contributed by atoms with Gasteiger partial charge in [-0.2, -0.15) is 4.31 Å². The molecule has 0 bridgehead atoms. The third-order valence-corrected chi connectivity index (χ3v) is 4.89. The molecule has 21 heavy (non-hydrogen) atoms. The molecule has 2 rings (SSSR count). The molecule has 1 aliphatic rings. The predicted molar refractivity (Wildman–Crippen MR) is 77.7 cm³/mol. The maximum atomic E-state index is 12.8. The Morgan fingerprint density at radius 3 is 2.67 bits per heavy atom. The van der Waals surface area contributed by atoms with Crippen LogP contribution in [-0.4, -0.2) is 44.0 Å². The SMILES string of the molecule is CS(=O)(=O)N1CCCC1CNC(=O)Cc1ccc(F)cc1. The Hall–Kier alpha value is -1.47. The zero-order chi connectivity index (χ0) is 15.5. The number of benzene rings is 1. The Labute approximate surface area is 124 Å². The van der Waals surface area contributed by atoms with Crippen molar-refractivity contribution in [2.45, 2.75) is 25.3 Å². The van der Waals surface area contributed by atoms with Crippen LogP contribution < -0.4 is 5.32 Å². The number of hydrogen-bond acceptors (Lipinski definition) is 3. The highest BCUT2D eigenvalue weighted by Gasteiger charge is 2.31. The average Bonchev–Trinajstić information content (AvgIpc) is 2.87. The van der Waals surface area contributed by atoms with Crippen LogP contribution >= 0.6 is 0 Å². The maximum Gasteiger partial charge on any atom is 0.224 e. The fraction of sp³-hybridized carbons (Fsp3) is 0.500. The largest absolute Gasteiger partial charge is 0.354 e. The van der Waals surface area contributed by atoms with E-state index in [4.69, 9.17) is 0 Å². The third kappa shape index (κ3) is 4.50. The van der Waals surface area contributed by atoms with Crippen molar-refractivity contribution in [1.82, 2.24) is 9.62 Å². The lowest BCUT2D eigenvalue weighted by molar-refractivity contribution is -0.120. The number of carbonyl (C=O) groups is 1. The van der Waals surface area contributed by atoms with E-state index in [2.05, 4.69) is 5.32 Å². The van der Waals surface area contributed by atoms with Crippen LogP contribution in [0.15, 0.2) is 24.3 Å². The maximum absolute atomic E-state index is 12.8. The molecule has 1 aromatic rings. The predicted octanol–water partition coefficient (Wildman–Crippen LogP) is 0.908. The first-order valence-electron chi connectivity index (χ1n) is 6.84. The number of hydrogen-bond donors (Lipinski definition) is 1. The molecule has 1 amide bonds. The summed E-state index contributed by atoms with van der Waals surface area (Å²) in [5, 5.41) is 2.75. The Balaban J connectivity index is 1.85. The Morgan fingerprint density at radius 1 is 1.38 bits per heavy atom. The van der Waals surface area contributed by atoms with Crippen LogP contribution in [0.1, 0.15) is 18.4 Å². The van der Waals surface area contributed by atoms with E-state index < -0.39 is 10.0 Å². The zero-order valence-corrected chi connectivity index (χ0v) is 12.7. The quantitative estimate of drug-likeness (QED) is 0.878. The molecule has 1 heterocycles. The van der Waals surface area contributed by atoms with Crippen LogP contribution in [0.25, 0.3) is 0 Å². The van der Waals surface area contributed by atoms with Gasteiger partial charge in [-0.05, 0) is 30.5 Å². The minimum absolute atomic E-state index is 0.159. The van der Waals surface area contributed by atoms with Crippen LogP contribution in [0.5, 0.6) is 0 Å². The molecule has 1 fully saturated rings. The second-order valence-electron chi connectivity index (χ2n) is 5.28. The van der Waals surface area contributed by atoms with Crippen LogP contribution in [0.3, 0.4) is 0 Å². The smallest absolute Gasteiger partial charge is 0.224 e. The monoisotopic (exact) mass is 314 g/mol. The summed E-state index contributed by atoms with van der Waals surface area (Å²) in [6.45, 7) is 0.824. The van der Waals surface area contributed by atoms with E-state index in [1.807, 2.05) is 0 Å². The number of nitrogens with zero attached hydrogens (tertiary/aromatic N) is 1. The fourth-order valence-corrected chi connectivity index (χ4v) is 3.71. The van der Waals surface area contributed by atoms with Crippen LogP contribution in [0.2, 0.25) is 0 Å². The van der Waals surface area contributed by atoms with E-state index in [0.717, 1.165) is 18.4 Å². The minimum atomic E-state index is -3.22. The molecule has 1 saturated heterocycles. The molecule has 0 aliphatic carbocycles. The van der Waals surface area contributed by atoms with E-state index in [9.17, 15) is 17.6 Å². The topological polar surface area (TPSA) is 66.5 Å². The molecule has 1 atom stereocenters. The van der Waals surface area contributed by atoms with Crippen molar-refractivity contribution < 1.29 is 17.6 Å². The first-order valence-corrected chi connectivity index (χ1v) is 8.69. The highest BCUT2D eigenvalue weighted by atomic mass is 32.2. The minimum Gasteiger partial charge on any atom is -0.354 e. The molecule has 0 radical (unpaired) electrons. The summed E-state index contributed by atoms with van der Waals surface area (Å²) in [6.07, 6.45) is 2.91. The summed E-state index contributed by atoms with van der Waals surface area (Å²) in [6, 6.07) is 5.58. The van der Waals surface area contributed by atoms with Crippen molar-refractivity contribution in [3.8, 4) is 0 Å². The molecule has 1 aliphatic heterocycles. The number of nitrogens with one attached hydrogen (secondary N) is 1. The van der Waals surface area contributed by atoms with Gasteiger partial charge in [0.2, 0.25) is 15.9 Å². The number of rotatable bonds is 5. The Bertz CT molecular complexity index is 601. The van der Waals surface area contributed by atoms with Gasteiger partial charge in [0.1, 0.15) is 5.82 Å². The van der Waals surface area contributed by atoms with Crippen molar-refractivity contribution in [3.63, 3.8) is 0 Å². The van der Waals surface area contributed by atoms with Crippen molar-refractivity contribution in [2.75, 3.05) is 19.3 Å². The van der Waals surface area contributed by atoms with Crippen molar-refractivity contribution in [1.29, 1.82) is 0 Å². The summed E-state index contributed by atoms with van der Waals surface area (Å²) in [4.78, 5) is 11.8. The molecule has 1 N–H and O–H groups in total. The standard InChI is InChI=1S/C14H19FN2O3S/c1-21(19,20)17-8-2-3-13(17)10-16-14(18)9-11-4-6-12(15)7-5-11/h4-7,13H,2-3,8-10H2,1H3,(H,16,18). The van der Waals surface area contributed by atoms with Crippen LogP contribution in [0.4, 0.5) is 4.39 Å². The molecule has 0 spiro atoms. The van der Waals surface area contributed by atoms with Gasteiger partial charge in [-0.15, -0.1) is 0 Å². The number of amides is 1. The molecule has 1 aromatic carbocycles. The highest BCUT2D eigenvalue weighted by Crippen LogP contribution is 2.19. The van der Waals surface area contributed by atoms with Gasteiger partial charge >= 0.3 is 0 Å². The lowest BCUT2D eigenvalue weighted by Gasteiger charge is -2.22. The van der Waals surface area contributed by atoms with Crippen molar-refractivity contribution >= 4 is 15.9 Å². The van der Waals surface area contributed by atoms with Gasteiger partial charge in [0.05, 0.1) is 12.7 Å². The summed E-state index contributed by atoms with van der Waals surface area (Å²) in [5.74, 6) is -0.532. The molecule has 116 valence electrons. The molecule has 1 unspecified atom stereocenters. The average molecular weight is 314 g/mol. The van der Waals surface area contributed by atoms with Gasteiger partial charge < -0.3 is 5.32 Å². The third-order valence-electron chi connectivity index (χ3n) is 3.56. The van der Waals surface area contributed by atoms with Crippen LogP contribution in [-0.2, 0) is 21.2 Å². The number of halogens is 1. The molecule has 7 heteroatoms. The van der Waals surface area contributed by atoms with Crippen molar-refractivity contribution in [2.24, 2.45) is 0 Å². The first kappa shape index (κ1) is 15.9. The van der Waals surface area contributed by atoms with Gasteiger partial charge in [-0.1, -0.05) is 12.1 Å². The second-order valence-corrected chi connectivity index (χ2v) is 7.21. The van der Waals surface area contributed by atoms with E-state index in [0.29, 0.717) is 13.1 Å². The van der Waals surface area contributed by atoms with Gasteiger partial charge in [-0.3, -0.25) is 4.79 Å². The summed E-state index contributed by atoms with van der Waals surface area (Å²) in [7, 11) is -3.22. The molecule has 5 nitrogen and oxygen atoms in total.